The highest BCUT2D eigenvalue weighted by atomic mass is 19.3. The summed E-state index contributed by atoms with van der Waals surface area (Å²) < 4.78 is 44.7. The highest BCUT2D eigenvalue weighted by Gasteiger charge is 2.26. The molecule has 0 aliphatic rings. The van der Waals surface area contributed by atoms with Gasteiger partial charge >= 0.3 is 7.32 Å². The zero-order valence-electron chi connectivity index (χ0n) is 12.2. The maximum absolute atomic E-state index is 13.9. The molecule has 0 fully saturated rings. The van der Waals surface area contributed by atoms with Gasteiger partial charge in [-0.1, -0.05) is 30.3 Å². The lowest BCUT2D eigenvalue weighted by Gasteiger charge is -2.18. The summed E-state index contributed by atoms with van der Waals surface area (Å²) >= 11 is 0. The first-order valence-corrected chi connectivity index (χ1v) is 6.85. The molecule has 0 radical (unpaired) electrons. The van der Waals surface area contributed by atoms with E-state index < -0.39 is 37.1 Å². The normalized spacial score (nSPS) is 11.9. The number of rotatable bonds is 6. The Bertz CT molecular complexity index is 700. The second-order valence-electron chi connectivity index (χ2n) is 4.78. The molecular weight excluding hydrogens is 326 g/mol. The molecule has 2 aromatic rings. The van der Waals surface area contributed by atoms with Crippen LogP contribution in [0.5, 0.6) is 5.75 Å². The maximum Gasteiger partial charge on any atom is 0.707 e. The van der Waals surface area contributed by atoms with Gasteiger partial charge in [0.2, 0.25) is 0 Å². The summed E-state index contributed by atoms with van der Waals surface area (Å²) in [4.78, 5) is 12.1. The zero-order valence-corrected chi connectivity index (χ0v) is 12.2. The minimum atomic E-state index is -2.88. The number of halogens is 3. The van der Waals surface area contributed by atoms with E-state index >= 15 is 0 Å². The van der Waals surface area contributed by atoms with E-state index in [2.05, 4.69) is 9.97 Å². The van der Waals surface area contributed by atoms with Crippen molar-refractivity contribution in [3.8, 4) is 5.75 Å². The van der Waals surface area contributed by atoms with Crippen molar-refractivity contribution in [2.24, 2.45) is 0 Å². The van der Waals surface area contributed by atoms with Crippen molar-refractivity contribution < 1.29 is 32.7 Å². The molecule has 1 atom stereocenters. The minimum absolute atomic E-state index is 0.185. The molecule has 1 amide bonds. The SMILES string of the molecule is O=C(NC(c1ccccc1)C(F)F)c1ccc(OB(O)O)cc1F. The van der Waals surface area contributed by atoms with Crippen LogP contribution in [0, 0.1) is 5.82 Å². The highest BCUT2D eigenvalue weighted by molar-refractivity contribution is 6.33. The van der Waals surface area contributed by atoms with Gasteiger partial charge in [-0.2, -0.15) is 0 Å². The van der Waals surface area contributed by atoms with E-state index in [0.717, 1.165) is 18.2 Å². The molecule has 0 heterocycles. The Labute approximate surface area is 135 Å². The molecule has 0 aliphatic carbocycles. The van der Waals surface area contributed by atoms with Crippen molar-refractivity contribution >= 4 is 13.2 Å². The van der Waals surface area contributed by atoms with E-state index in [1.807, 2.05) is 0 Å². The van der Waals surface area contributed by atoms with Crippen LogP contribution in [0.1, 0.15) is 22.0 Å². The molecule has 2 aromatic carbocycles. The Morgan fingerprint density at radius 3 is 2.33 bits per heavy atom. The topological polar surface area (TPSA) is 78.8 Å². The van der Waals surface area contributed by atoms with Crippen molar-refractivity contribution in [1.29, 1.82) is 0 Å². The minimum Gasteiger partial charge on any atom is -0.512 e. The van der Waals surface area contributed by atoms with Crippen molar-refractivity contribution in [1.82, 2.24) is 5.32 Å². The molecule has 0 spiro atoms. The zero-order chi connectivity index (χ0) is 17.7. The van der Waals surface area contributed by atoms with E-state index in [1.54, 1.807) is 18.2 Å². The van der Waals surface area contributed by atoms with Crippen molar-refractivity contribution in [3.63, 3.8) is 0 Å². The van der Waals surface area contributed by atoms with Crippen molar-refractivity contribution in [2.45, 2.75) is 12.5 Å². The summed E-state index contributed by atoms with van der Waals surface area (Å²) in [5.41, 5.74) is -0.291. The van der Waals surface area contributed by atoms with Crippen LogP contribution in [0.2, 0.25) is 0 Å². The van der Waals surface area contributed by atoms with E-state index in [1.165, 1.54) is 12.1 Å². The van der Waals surface area contributed by atoms with Gasteiger partial charge in [-0.3, -0.25) is 4.79 Å². The van der Waals surface area contributed by atoms with Gasteiger partial charge in [-0.15, -0.1) is 0 Å². The summed E-state index contributed by atoms with van der Waals surface area (Å²) in [5.74, 6) is -2.31. The van der Waals surface area contributed by atoms with Crippen LogP contribution >= 0.6 is 0 Å². The van der Waals surface area contributed by atoms with Crippen LogP contribution in [-0.2, 0) is 0 Å². The Kier molecular flexibility index (Phi) is 5.83. The van der Waals surface area contributed by atoms with E-state index in [4.69, 9.17) is 10.0 Å². The molecule has 0 saturated heterocycles. The first-order chi connectivity index (χ1) is 11.4. The van der Waals surface area contributed by atoms with Gasteiger partial charge < -0.3 is 20.0 Å². The van der Waals surface area contributed by atoms with E-state index in [0.29, 0.717) is 0 Å². The molecule has 24 heavy (non-hydrogen) atoms. The number of alkyl halides is 2. The first-order valence-electron chi connectivity index (χ1n) is 6.85. The number of hydrogen-bond donors (Lipinski definition) is 3. The Morgan fingerprint density at radius 1 is 1.12 bits per heavy atom. The molecule has 3 N–H and O–H groups in total. The van der Waals surface area contributed by atoms with E-state index in [9.17, 15) is 18.0 Å². The highest BCUT2D eigenvalue weighted by Crippen LogP contribution is 2.22. The fourth-order valence-electron chi connectivity index (χ4n) is 2.05. The van der Waals surface area contributed by atoms with Gasteiger partial charge in [-0.25, -0.2) is 13.2 Å². The van der Waals surface area contributed by atoms with Crippen LogP contribution in [0.15, 0.2) is 48.5 Å². The van der Waals surface area contributed by atoms with Crippen LogP contribution in [0.3, 0.4) is 0 Å². The number of carbonyl (C=O) groups is 1. The molecule has 126 valence electrons. The third kappa shape index (κ3) is 4.50. The maximum atomic E-state index is 13.9. The lowest BCUT2D eigenvalue weighted by molar-refractivity contribution is 0.0741. The predicted octanol–water partition coefficient (Wildman–Crippen LogP) is 1.91. The summed E-state index contributed by atoms with van der Waals surface area (Å²) in [6.45, 7) is 0. The monoisotopic (exact) mass is 339 g/mol. The lowest BCUT2D eigenvalue weighted by atomic mass is 10.1. The largest absolute Gasteiger partial charge is 0.707 e. The van der Waals surface area contributed by atoms with Crippen LogP contribution in [0.4, 0.5) is 13.2 Å². The molecule has 5 nitrogen and oxygen atoms in total. The Hall–Kier alpha value is -2.52. The standard InChI is InChI=1S/C15H13BF3NO4/c17-12-8-10(24-16(22)23)6-7-11(12)15(21)20-13(14(18)19)9-4-2-1-3-5-9/h1-8,13-14,22-23H,(H,20,21). The van der Waals surface area contributed by atoms with Gasteiger partial charge in [0.15, 0.2) is 0 Å². The number of carbonyl (C=O) groups excluding carboxylic acids is 1. The number of benzene rings is 2. The van der Waals surface area contributed by atoms with Crippen LogP contribution in [-0.4, -0.2) is 29.7 Å². The average molecular weight is 339 g/mol. The molecule has 2 rings (SSSR count). The molecule has 0 aliphatic heterocycles. The molecule has 0 bridgehead atoms. The summed E-state index contributed by atoms with van der Waals surface area (Å²) in [5, 5.41) is 19.3. The van der Waals surface area contributed by atoms with Gasteiger partial charge in [-0.05, 0) is 17.7 Å². The van der Waals surface area contributed by atoms with Crippen molar-refractivity contribution in [2.75, 3.05) is 0 Å². The van der Waals surface area contributed by atoms with Gasteiger partial charge in [0.25, 0.3) is 12.3 Å². The lowest BCUT2D eigenvalue weighted by Crippen LogP contribution is -2.33. The summed E-state index contributed by atoms with van der Waals surface area (Å²) in [6, 6.07) is 8.84. The third-order valence-corrected chi connectivity index (χ3v) is 3.12. The van der Waals surface area contributed by atoms with Gasteiger partial charge in [0, 0.05) is 6.07 Å². The fraction of sp³-hybridized carbons (Fsp3) is 0.133. The van der Waals surface area contributed by atoms with Gasteiger partial charge in [0.1, 0.15) is 17.6 Å². The van der Waals surface area contributed by atoms with Crippen molar-refractivity contribution in [3.05, 3.63) is 65.5 Å². The first kappa shape index (κ1) is 17.8. The Morgan fingerprint density at radius 2 is 1.79 bits per heavy atom. The smallest absolute Gasteiger partial charge is 0.512 e. The Balaban J connectivity index is 2.18. The summed E-state index contributed by atoms with van der Waals surface area (Å²) in [7, 11) is -2.15. The van der Waals surface area contributed by atoms with Crippen LogP contribution < -0.4 is 9.97 Å². The molecular formula is C15H13BF3NO4. The molecule has 1 unspecified atom stereocenters. The van der Waals surface area contributed by atoms with Gasteiger partial charge in [0.05, 0.1) is 5.56 Å². The fourth-order valence-corrected chi connectivity index (χ4v) is 2.05. The number of nitrogens with one attached hydrogen (secondary N) is 1. The van der Waals surface area contributed by atoms with Crippen LogP contribution in [0.25, 0.3) is 0 Å². The predicted molar refractivity (Wildman–Crippen MR) is 79.9 cm³/mol. The second kappa shape index (κ2) is 7.85. The third-order valence-electron chi connectivity index (χ3n) is 3.12. The quantitative estimate of drug-likeness (QED) is 0.703. The number of hydrogen-bond acceptors (Lipinski definition) is 4. The molecule has 0 aromatic heterocycles. The molecule has 9 heteroatoms. The molecule has 0 saturated carbocycles. The summed E-state index contributed by atoms with van der Waals surface area (Å²) in [6.07, 6.45) is -2.88. The average Bonchev–Trinajstić information content (AvgIpc) is 2.52. The van der Waals surface area contributed by atoms with E-state index in [-0.39, 0.29) is 11.3 Å². The number of amides is 1. The second-order valence-corrected chi connectivity index (χ2v) is 4.78.